The molecule has 0 aliphatic carbocycles. The molecule has 3 nitrogen and oxygen atoms in total. The quantitative estimate of drug-likeness (QED) is 0.530. The number of carboxylic acids is 1. The van der Waals surface area contributed by atoms with E-state index in [0.29, 0.717) is 0 Å². The lowest BCUT2D eigenvalue weighted by molar-refractivity contribution is 0.0697. The third-order valence-electron chi connectivity index (χ3n) is 2.50. The summed E-state index contributed by atoms with van der Waals surface area (Å²) in [5.74, 6) is -12.0. The Bertz CT molecular complexity index is 684. The van der Waals surface area contributed by atoms with E-state index in [-0.39, 0.29) is 10.6 Å². The topological polar surface area (TPSA) is 46.5 Å². The van der Waals surface area contributed by atoms with Crippen molar-refractivity contribution < 1.29 is 36.6 Å². The smallest absolute Gasteiger partial charge is 0.349 e. The number of carboxylic acid groups (broad SMARTS) is 1. The summed E-state index contributed by atoms with van der Waals surface area (Å²) in [4.78, 5) is 10.5. The van der Waals surface area contributed by atoms with Gasteiger partial charge in [-0.25, -0.2) is 26.7 Å². The van der Waals surface area contributed by atoms with E-state index in [2.05, 4.69) is 0 Å². The summed E-state index contributed by atoms with van der Waals surface area (Å²) in [5, 5.41) is 10.1. The first-order chi connectivity index (χ1) is 9.84. The number of rotatable bonds is 4. The van der Waals surface area contributed by atoms with Crippen molar-refractivity contribution in [3.63, 3.8) is 0 Å². The minimum atomic E-state index is -2.27. The summed E-state index contributed by atoms with van der Waals surface area (Å²) in [7, 11) is 0. The van der Waals surface area contributed by atoms with Gasteiger partial charge in [0.2, 0.25) is 5.82 Å². The SMILES string of the molecule is O=C(O)c1sccc1OCc1c(F)c(F)c(F)c(F)c1F. The maximum absolute atomic E-state index is 13.4. The van der Waals surface area contributed by atoms with Crippen molar-refractivity contribution in [2.45, 2.75) is 6.61 Å². The van der Waals surface area contributed by atoms with E-state index in [9.17, 15) is 26.7 Å². The fourth-order valence-corrected chi connectivity index (χ4v) is 2.17. The second-order valence-corrected chi connectivity index (χ2v) is 4.67. The van der Waals surface area contributed by atoms with Gasteiger partial charge in [-0.2, -0.15) is 0 Å². The van der Waals surface area contributed by atoms with Crippen molar-refractivity contribution in [2.24, 2.45) is 0 Å². The highest BCUT2D eigenvalue weighted by molar-refractivity contribution is 7.12. The van der Waals surface area contributed by atoms with Crippen LogP contribution in [0.3, 0.4) is 0 Å². The Kier molecular flexibility index (Phi) is 4.12. The van der Waals surface area contributed by atoms with Crippen LogP contribution in [0.4, 0.5) is 22.0 Å². The molecule has 1 heterocycles. The summed E-state index contributed by atoms with van der Waals surface area (Å²) < 4.78 is 70.4. The van der Waals surface area contributed by atoms with Gasteiger partial charge in [-0.15, -0.1) is 11.3 Å². The predicted octanol–water partition coefficient (Wildman–Crippen LogP) is 3.72. The lowest BCUT2D eigenvalue weighted by Crippen LogP contribution is -2.10. The average Bonchev–Trinajstić information content (AvgIpc) is 2.91. The maximum Gasteiger partial charge on any atom is 0.349 e. The molecular formula is C12H5F5O3S. The van der Waals surface area contributed by atoms with Crippen LogP contribution in [0.1, 0.15) is 15.2 Å². The lowest BCUT2D eigenvalue weighted by Gasteiger charge is -2.09. The Hall–Kier alpha value is -2.16. The maximum atomic E-state index is 13.4. The van der Waals surface area contributed by atoms with Crippen LogP contribution in [0, 0.1) is 29.1 Å². The van der Waals surface area contributed by atoms with Crippen molar-refractivity contribution in [1.82, 2.24) is 0 Å². The minimum Gasteiger partial charge on any atom is -0.487 e. The molecule has 0 radical (unpaired) electrons. The van der Waals surface area contributed by atoms with Gasteiger partial charge in [-0.3, -0.25) is 0 Å². The normalized spacial score (nSPS) is 10.7. The highest BCUT2D eigenvalue weighted by Gasteiger charge is 2.26. The van der Waals surface area contributed by atoms with Crippen LogP contribution in [-0.2, 0) is 6.61 Å². The molecule has 1 aromatic carbocycles. The third kappa shape index (κ3) is 2.68. The Labute approximate surface area is 118 Å². The number of hydrogen-bond acceptors (Lipinski definition) is 3. The van der Waals surface area contributed by atoms with Gasteiger partial charge in [-0.1, -0.05) is 0 Å². The number of carbonyl (C=O) groups is 1. The van der Waals surface area contributed by atoms with E-state index in [1.807, 2.05) is 0 Å². The summed E-state index contributed by atoms with van der Waals surface area (Å²) in [6.07, 6.45) is 0. The Morgan fingerprint density at radius 1 is 1.05 bits per heavy atom. The Balaban J connectivity index is 2.33. The van der Waals surface area contributed by atoms with Gasteiger partial charge >= 0.3 is 5.97 Å². The summed E-state index contributed by atoms with van der Waals surface area (Å²) in [6, 6.07) is 1.21. The first-order valence-corrected chi connectivity index (χ1v) is 6.16. The number of hydrogen-bond donors (Lipinski definition) is 1. The number of halogens is 5. The van der Waals surface area contributed by atoms with Gasteiger partial charge in [0.25, 0.3) is 0 Å². The highest BCUT2D eigenvalue weighted by Crippen LogP contribution is 2.28. The van der Waals surface area contributed by atoms with Gasteiger partial charge < -0.3 is 9.84 Å². The second-order valence-electron chi connectivity index (χ2n) is 3.76. The molecule has 0 amide bonds. The molecule has 9 heteroatoms. The predicted molar refractivity (Wildman–Crippen MR) is 61.8 cm³/mol. The highest BCUT2D eigenvalue weighted by atomic mass is 32.1. The number of ether oxygens (including phenoxy) is 1. The fourth-order valence-electron chi connectivity index (χ4n) is 1.49. The van der Waals surface area contributed by atoms with Crippen LogP contribution in [0.25, 0.3) is 0 Å². The van der Waals surface area contributed by atoms with Crippen molar-refractivity contribution in [1.29, 1.82) is 0 Å². The van der Waals surface area contributed by atoms with E-state index in [0.717, 1.165) is 11.3 Å². The van der Waals surface area contributed by atoms with Crippen molar-refractivity contribution >= 4 is 17.3 Å². The zero-order valence-corrected chi connectivity index (χ0v) is 10.7. The van der Waals surface area contributed by atoms with E-state index < -0.39 is 47.2 Å². The minimum absolute atomic E-state index is 0.226. The molecule has 0 bridgehead atoms. The molecular weight excluding hydrogens is 319 g/mol. The summed E-state index contributed by atoms with van der Waals surface area (Å²) in [5.41, 5.74) is -1.17. The molecule has 0 saturated heterocycles. The Morgan fingerprint density at radius 2 is 1.57 bits per heavy atom. The molecule has 0 aliphatic rings. The van der Waals surface area contributed by atoms with Crippen molar-refractivity contribution in [3.05, 3.63) is 51.0 Å². The number of thiophene rings is 1. The fraction of sp³-hybridized carbons (Fsp3) is 0.0833. The van der Waals surface area contributed by atoms with Crippen LogP contribution in [-0.4, -0.2) is 11.1 Å². The largest absolute Gasteiger partial charge is 0.487 e. The van der Waals surface area contributed by atoms with Crippen LogP contribution in [0.5, 0.6) is 5.75 Å². The van der Waals surface area contributed by atoms with Gasteiger partial charge in [-0.05, 0) is 11.4 Å². The van der Waals surface area contributed by atoms with Gasteiger partial charge in [0.05, 0.1) is 5.56 Å². The summed E-state index contributed by atoms with van der Waals surface area (Å²) in [6.45, 7) is -0.997. The zero-order chi connectivity index (χ0) is 15.7. The molecule has 0 spiro atoms. The molecule has 1 aromatic heterocycles. The van der Waals surface area contributed by atoms with E-state index >= 15 is 0 Å². The number of aromatic carboxylic acids is 1. The average molecular weight is 324 g/mol. The summed E-state index contributed by atoms with van der Waals surface area (Å²) >= 11 is 0.790. The molecule has 2 rings (SSSR count). The molecule has 0 fully saturated rings. The first-order valence-electron chi connectivity index (χ1n) is 5.28. The van der Waals surface area contributed by atoms with Gasteiger partial charge in [0.1, 0.15) is 12.4 Å². The van der Waals surface area contributed by atoms with E-state index in [1.54, 1.807) is 0 Å². The van der Waals surface area contributed by atoms with E-state index in [1.165, 1.54) is 11.4 Å². The van der Waals surface area contributed by atoms with Crippen LogP contribution >= 0.6 is 11.3 Å². The molecule has 2 aromatic rings. The van der Waals surface area contributed by atoms with Crippen LogP contribution in [0.15, 0.2) is 11.4 Å². The standard InChI is InChI=1S/C12H5F5O3S/c13-6-4(7(14)9(16)10(17)8(6)15)3-20-5-1-2-21-11(5)12(18)19/h1-2H,3H2,(H,18,19). The van der Waals surface area contributed by atoms with Gasteiger partial charge in [0, 0.05) is 0 Å². The molecule has 0 atom stereocenters. The van der Waals surface area contributed by atoms with Crippen LogP contribution in [0.2, 0.25) is 0 Å². The number of benzene rings is 1. The van der Waals surface area contributed by atoms with Crippen molar-refractivity contribution in [2.75, 3.05) is 0 Å². The monoisotopic (exact) mass is 324 g/mol. The van der Waals surface area contributed by atoms with E-state index in [4.69, 9.17) is 9.84 Å². The molecule has 112 valence electrons. The molecule has 0 unspecified atom stereocenters. The zero-order valence-electron chi connectivity index (χ0n) is 9.92. The lowest BCUT2D eigenvalue weighted by atomic mass is 10.2. The second kappa shape index (κ2) is 5.68. The van der Waals surface area contributed by atoms with Gasteiger partial charge in [0.15, 0.2) is 28.1 Å². The first kappa shape index (κ1) is 15.2. The molecule has 0 saturated carbocycles. The molecule has 0 aliphatic heterocycles. The van der Waals surface area contributed by atoms with Crippen LogP contribution < -0.4 is 4.74 Å². The Morgan fingerprint density at radius 3 is 2.10 bits per heavy atom. The molecule has 21 heavy (non-hydrogen) atoms. The molecule has 1 N–H and O–H groups in total. The van der Waals surface area contributed by atoms with Crippen molar-refractivity contribution in [3.8, 4) is 5.75 Å². The third-order valence-corrected chi connectivity index (χ3v) is 3.38.